The highest BCUT2D eigenvalue weighted by Crippen LogP contribution is 2.21. The SMILES string of the molecule is CN(C)[C@@H]1CC[C@H](C(=O)O)CN(Cc2ccc(Cn3cccn3)cc2)C1. The van der Waals surface area contributed by atoms with Gasteiger partial charge in [0, 0.05) is 38.1 Å². The van der Waals surface area contributed by atoms with Crippen molar-refractivity contribution in [2.75, 3.05) is 27.2 Å². The molecule has 1 aliphatic heterocycles. The standard InChI is InChI=1S/C20H28N4O2/c1-22(2)19-9-8-18(20(25)26)14-23(15-19)12-16-4-6-17(7-5-16)13-24-11-3-10-21-24/h3-7,10-11,18-19H,8-9,12-15H2,1-2H3,(H,25,26)/t18-,19+/m0/s1. The first-order valence-corrected chi connectivity index (χ1v) is 9.18. The van der Waals surface area contributed by atoms with Gasteiger partial charge < -0.3 is 10.0 Å². The number of aliphatic carboxylic acids is 1. The van der Waals surface area contributed by atoms with E-state index in [4.69, 9.17) is 0 Å². The topological polar surface area (TPSA) is 61.6 Å². The molecule has 2 heterocycles. The average molecular weight is 356 g/mol. The Labute approximate surface area is 155 Å². The van der Waals surface area contributed by atoms with Crippen molar-refractivity contribution in [3.63, 3.8) is 0 Å². The molecule has 2 atom stereocenters. The van der Waals surface area contributed by atoms with Crippen LogP contribution in [0.3, 0.4) is 0 Å². The van der Waals surface area contributed by atoms with Crippen LogP contribution in [0.25, 0.3) is 0 Å². The molecule has 140 valence electrons. The van der Waals surface area contributed by atoms with E-state index in [0.29, 0.717) is 12.6 Å². The van der Waals surface area contributed by atoms with Crippen molar-refractivity contribution in [1.82, 2.24) is 19.6 Å². The molecule has 0 radical (unpaired) electrons. The summed E-state index contributed by atoms with van der Waals surface area (Å²) in [6.45, 7) is 3.08. The van der Waals surface area contributed by atoms with Gasteiger partial charge in [-0.3, -0.25) is 14.4 Å². The van der Waals surface area contributed by atoms with Gasteiger partial charge in [0.15, 0.2) is 0 Å². The summed E-state index contributed by atoms with van der Waals surface area (Å²) in [6.07, 6.45) is 5.42. The van der Waals surface area contributed by atoms with Gasteiger partial charge in [0.1, 0.15) is 0 Å². The highest BCUT2D eigenvalue weighted by Gasteiger charge is 2.28. The Balaban J connectivity index is 1.65. The van der Waals surface area contributed by atoms with Gasteiger partial charge in [-0.15, -0.1) is 0 Å². The summed E-state index contributed by atoms with van der Waals surface area (Å²) in [5, 5.41) is 13.7. The fourth-order valence-corrected chi connectivity index (χ4v) is 3.60. The molecule has 1 aromatic heterocycles. The number of carboxylic acids is 1. The number of rotatable bonds is 6. The third-order valence-corrected chi connectivity index (χ3v) is 5.21. The van der Waals surface area contributed by atoms with Crippen molar-refractivity contribution in [2.45, 2.75) is 32.0 Å². The van der Waals surface area contributed by atoms with Crippen LogP contribution in [0, 0.1) is 5.92 Å². The van der Waals surface area contributed by atoms with Crippen LogP contribution >= 0.6 is 0 Å². The zero-order chi connectivity index (χ0) is 18.5. The molecule has 6 heteroatoms. The van der Waals surface area contributed by atoms with Gasteiger partial charge >= 0.3 is 5.97 Å². The predicted octanol–water partition coefficient (Wildman–Crippen LogP) is 2.16. The first kappa shape index (κ1) is 18.6. The minimum absolute atomic E-state index is 0.279. The van der Waals surface area contributed by atoms with E-state index >= 15 is 0 Å². The lowest BCUT2D eigenvalue weighted by atomic mass is 10.0. The van der Waals surface area contributed by atoms with E-state index in [1.165, 1.54) is 11.1 Å². The molecule has 1 fully saturated rings. The summed E-state index contributed by atoms with van der Waals surface area (Å²) in [7, 11) is 4.15. The second-order valence-corrected chi connectivity index (χ2v) is 7.44. The maximum atomic E-state index is 11.5. The Kier molecular flexibility index (Phi) is 6.06. The molecular weight excluding hydrogens is 328 g/mol. The van der Waals surface area contributed by atoms with Crippen molar-refractivity contribution in [3.05, 3.63) is 53.9 Å². The van der Waals surface area contributed by atoms with E-state index in [1.54, 1.807) is 6.20 Å². The van der Waals surface area contributed by atoms with E-state index in [2.05, 4.69) is 53.3 Å². The van der Waals surface area contributed by atoms with E-state index < -0.39 is 5.97 Å². The summed E-state index contributed by atoms with van der Waals surface area (Å²) in [5.74, 6) is -0.956. The molecule has 1 N–H and O–H groups in total. The van der Waals surface area contributed by atoms with E-state index in [1.807, 2.05) is 16.9 Å². The number of likely N-dealkylation sites (N-methyl/N-ethyl adjacent to an activating group) is 1. The second-order valence-electron chi connectivity index (χ2n) is 7.44. The largest absolute Gasteiger partial charge is 0.481 e. The smallest absolute Gasteiger partial charge is 0.307 e. The maximum absolute atomic E-state index is 11.5. The molecule has 0 aliphatic carbocycles. The van der Waals surface area contributed by atoms with Crippen molar-refractivity contribution in [1.29, 1.82) is 0 Å². The minimum atomic E-state index is -0.677. The first-order chi connectivity index (χ1) is 12.5. The lowest BCUT2D eigenvalue weighted by Gasteiger charge is -2.28. The van der Waals surface area contributed by atoms with Crippen LogP contribution in [0.1, 0.15) is 24.0 Å². The number of hydrogen-bond acceptors (Lipinski definition) is 4. The summed E-state index contributed by atoms with van der Waals surface area (Å²) >= 11 is 0. The molecule has 0 unspecified atom stereocenters. The Morgan fingerprint density at radius 3 is 2.42 bits per heavy atom. The molecule has 0 bridgehead atoms. The maximum Gasteiger partial charge on any atom is 0.307 e. The van der Waals surface area contributed by atoms with Crippen LogP contribution in [-0.4, -0.2) is 63.9 Å². The molecule has 1 aliphatic rings. The van der Waals surface area contributed by atoms with Crippen LogP contribution in [0.15, 0.2) is 42.7 Å². The fourth-order valence-electron chi connectivity index (χ4n) is 3.60. The van der Waals surface area contributed by atoms with E-state index in [0.717, 1.165) is 32.5 Å². The fraction of sp³-hybridized carbons (Fsp3) is 0.500. The van der Waals surface area contributed by atoms with Gasteiger partial charge in [0.25, 0.3) is 0 Å². The van der Waals surface area contributed by atoms with Crippen LogP contribution in [0.5, 0.6) is 0 Å². The van der Waals surface area contributed by atoms with Crippen LogP contribution in [0.2, 0.25) is 0 Å². The highest BCUT2D eigenvalue weighted by atomic mass is 16.4. The third kappa shape index (κ3) is 4.93. The van der Waals surface area contributed by atoms with Crippen LogP contribution in [-0.2, 0) is 17.9 Å². The lowest BCUT2D eigenvalue weighted by Crippen LogP contribution is -2.39. The highest BCUT2D eigenvalue weighted by molar-refractivity contribution is 5.70. The van der Waals surface area contributed by atoms with Gasteiger partial charge in [-0.25, -0.2) is 0 Å². The Morgan fingerprint density at radius 2 is 1.85 bits per heavy atom. The zero-order valence-electron chi connectivity index (χ0n) is 15.6. The minimum Gasteiger partial charge on any atom is -0.481 e. The molecule has 2 aromatic rings. The Morgan fingerprint density at radius 1 is 1.15 bits per heavy atom. The number of carboxylic acid groups (broad SMARTS) is 1. The molecule has 1 saturated heterocycles. The molecule has 1 aromatic carbocycles. The van der Waals surface area contributed by atoms with E-state index in [9.17, 15) is 9.90 Å². The van der Waals surface area contributed by atoms with Crippen LogP contribution in [0.4, 0.5) is 0 Å². The van der Waals surface area contributed by atoms with Gasteiger partial charge in [-0.1, -0.05) is 24.3 Å². The van der Waals surface area contributed by atoms with Gasteiger partial charge in [-0.05, 0) is 44.1 Å². The number of hydrogen-bond donors (Lipinski definition) is 1. The second kappa shape index (κ2) is 8.47. The molecule has 0 spiro atoms. The molecule has 3 rings (SSSR count). The average Bonchev–Trinajstić information content (AvgIpc) is 3.01. The Bertz CT molecular complexity index is 697. The Hall–Kier alpha value is -2.18. The van der Waals surface area contributed by atoms with Crippen molar-refractivity contribution >= 4 is 5.97 Å². The third-order valence-electron chi connectivity index (χ3n) is 5.21. The van der Waals surface area contributed by atoms with Crippen molar-refractivity contribution in [3.8, 4) is 0 Å². The number of nitrogens with zero attached hydrogens (tertiary/aromatic N) is 4. The van der Waals surface area contributed by atoms with E-state index in [-0.39, 0.29) is 5.92 Å². The summed E-state index contributed by atoms with van der Waals surface area (Å²) < 4.78 is 1.91. The monoisotopic (exact) mass is 356 g/mol. The van der Waals surface area contributed by atoms with Gasteiger partial charge in [0.05, 0.1) is 12.5 Å². The first-order valence-electron chi connectivity index (χ1n) is 9.18. The van der Waals surface area contributed by atoms with Crippen molar-refractivity contribution in [2.24, 2.45) is 5.92 Å². The lowest BCUT2D eigenvalue weighted by molar-refractivity contribution is -0.142. The summed E-state index contributed by atoms with van der Waals surface area (Å²) in [6, 6.07) is 10.9. The van der Waals surface area contributed by atoms with Crippen molar-refractivity contribution < 1.29 is 9.90 Å². The zero-order valence-corrected chi connectivity index (χ0v) is 15.6. The summed E-state index contributed by atoms with van der Waals surface area (Å²) in [5.41, 5.74) is 2.43. The number of benzene rings is 1. The number of likely N-dealkylation sites (tertiary alicyclic amines) is 1. The molecular formula is C20H28N4O2. The van der Waals surface area contributed by atoms with Gasteiger partial charge in [0.2, 0.25) is 0 Å². The number of aromatic nitrogens is 2. The number of carbonyl (C=O) groups is 1. The van der Waals surface area contributed by atoms with Crippen LogP contribution < -0.4 is 0 Å². The normalized spacial score (nSPS) is 21.7. The molecule has 0 amide bonds. The summed E-state index contributed by atoms with van der Waals surface area (Å²) in [4.78, 5) is 16.0. The quantitative estimate of drug-likeness (QED) is 0.859. The molecule has 0 saturated carbocycles. The molecule has 6 nitrogen and oxygen atoms in total. The molecule has 26 heavy (non-hydrogen) atoms. The predicted molar refractivity (Wildman–Crippen MR) is 101 cm³/mol. The van der Waals surface area contributed by atoms with Gasteiger partial charge in [-0.2, -0.15) is 5.10 Å².